The number of allylic oxidation sites excluding steroid dienone is 7. The number of para-hydroxylation sites is 2. The van der Waals surface area contributed by atoms with E-state index in [1.807, 2.05) is 79.0 Å². The molecule has 0 fully saturated rings. The van der Waals surface area contributed by atoms with Gasteiger partial charge in [-0.15, -0.1) is 0 Å². The lowest BCUT2D eigenvalue weighted by atomic mass is 9.87. The molecule has 1 heterocycles. The summed E-state index contributed by atoms with van der Waals surface area (Å²) in [6.07, 6.45) is 14.1. The molecule has 0 saturated heterocycles. The Balaban J connectivity index is 1.15. The second-order valence-corrected chi connectivity index (χ2v) is 14.5. The number of aromatic nitrogens is 2. The largest absolute Gasteiger partial charge is 0.383 e. The highest BCUT2D eigenvalue weighted by Crippen LogP contribution is 2.33. The van der Waals surface area contributed by atoms with Crippen molar-refractivity contribution in [3.05, 3.63) is 227 Å². The van der Waals surface area contributed by atoms with Crippen LogP contribution in [0.1, 0.15) is 54.5 Å². The zero-order valence-corrected chi connectivity index (χ0v) is 32.3. The molecule has 7 aromatic rings. The fourth-order valence-corrected chi connectivity index (χ4v) is 7.32. The highest BCUT2D eigenvalue weighted by atomic mass is 15.0. The Labute approximate surface area is 335 Å². The summed E-state index contributed by atoms with van der Waals surface area (Å²) in [7, 11) is 0. The van der Waals surface area contributed by atoms with Gasteiger partial charge >= 0.3 is 0 Å². The molecule has 0 radical (unpaired) electrons. The summed E-state index contributed by atoms with van der Waals surface area (Å²) in [4.78, 5) is 19.6. The summed E-state index contributed by atoms with van der Waals surface area (Å²) >= 11 is 0. The van der Waals surface area contributed by atoms with Gasteiger partial charge in [-0.3, -0.25) is 9.98 Å². The zero-order chi connectivity index (χ0) is 39.0. The maximum atomic E-state index is 6.62. The molecule has 0 spiro atoms. The van der Waals surface area contributed by atoms with Crippen molar-refractivity contribution in [2.45, 2.75) is 38.6 Å². The average molecular weight is 740 g/mol. The van der Waals surface area contributed by atoms with Gasteiger partial charge in [-0.2, -0.15) is 0 Å². The van der Waals surface area contributed by atoms with Crippen molar-refractivity contribution < 1.29 is 0 Å². The van der Waals surface area contributed by atoms with Gasteiger partial charge in [-0.25, -0.2) is 9.98 Å². The van der Waals surface area contributed by atoms with E-state index < -0.39 is 0 Å². The third-order valence-corrected chi connectivity index (χ3v) is 10.5. The van der Waals surface area contributed by atoms with Crippen molar-refractivity contribution in [2.75, 3.05) is 0 Å². The second-order valence-electron chi connectivity index (χ2n) is 14.5. The highest BCUT2D eigenvalue weighted by Gasteiger charge is 2.17. The lowest BCUT2D eigenvalue weighted by Crippen LogP contribution is -2.16. The summed E-state index contributed by atoms with van der Waals surface area (Å²) < 4.78 is 0. The van der Waals surface area contributed by atoms with Gasteiger partial charge in [0.05, 0.1) is 23.3 Å². The van der Waals surface area contributed by atoms with E-state index in [4.69, 9.17) is 25.7 Å². The summed E-state index contributed by atoms with van der Waals surface area (Å²) in [6, 6.07) is 52.2. The minimum absolute atomic E-state index is 0.117. The van der Waals surface area contributed by atoms with Crippen LogP contribution >= 0.6 is 0 Å². The van der Waals surface area contributed by atoms with Crippen LogP contribution in [0.25, 0.3) is 32.9 Å². The lowest BCUT2D eigenvalue weighted by Gasteiger charge is -2.19. The van der Waals surface area contributed by atoms with Crippen molar-refractivity contribution >= 4 is 33.5 Å². The van der Waals surface area contributed by atoms with Crippen LogP contribution in [-0.2, 0) is 6.54 Å². The number of rotatable bonds is 10. The predicted molar refractivity (Wildman–Crippen MR) is 239 cm³/mol. The molecule has 8 rings (SSSR count). The molecule has 5 nitrogen and oxygen atoms in total. The topological polar surface area (TPSA) is 76.5 Å². The van der Waals surface area contributed by atoms with Gasteiger partial charge in [0.1, 0.15) is 5.84 Å². The minimum atomic E-state index is 0.117. The lowest BCUT2D eigenvalue weighted by molar-refractivity contribution is 0.809. The molecule has 2 unspecified atom stereocenters. The van der Waals surface area contributed by atoms with Gasteiger partial charge in [-0.1, -0.05) is 171 Å². The number of hydrogen-bond acceptors (Lipinski definition) is 3. The van der Waals surface area contributed by atoms with Crippen LogP contribution < -0.4 is 5.73 Å². The first-order valence-corrected chi connectivity index (χ1v) is 19.6. The molecule has 2 N–H and O–H groups in total. The first kappa shape index (κ1) is 37.0. The number of benzene rings is 6. The number of nitrogens with zero attached hydrogens (tertiary/aromatic N) is 4. The first-order valence-electron chi connectivity index (χ1n) is 19.6. The number of fused-ring (bicyclic) bond motifs is 2. The maximum Gasteiger partial charge on any atom is 0.152 e. The number of hydrogen-bond donors (Lipinski definition) is 1. The molecule has 0 aliphatic heterocycles. The fourth-order valence-electron chi connectivity index (χ4n) is 7.32. The van der Waals surface area contributed by atoms with Crippen LogP contribution in [0.5, 0.6) is 0 Å². The van der Waals surface area contributed by atoms with Crippen LogP contribution in [0, 0.1) is 0 Å². The summed E-state index contributed by atoms with van der Waals surface area (Å²) in [6.45, 7) is 4.82. The molecule has 0 bridgehead atoms. The molecular weight excluding hydrogens is 695 g/mol. The van der Waals surface area contributed by atoms with Crippen LogP contribution in [0.4, 0.5) is 0 Å². The van der Waals surface area contributed by atoms with Crippen molar-refractivity contribution in [3.63, 3.8) is 0 Å². The first-order chi connectivity index (χ1) is 28.0. The molecule has 2 atom stereocenters. The van der Waals surface area contributed by atoms with E-state index in [2.05, 4.69) is 123 Å². The van der Waals surface area contributed by atoms with Crippen molar-refractivity contribution in [1.29, 1.82) is 0 Å². The van der Waals surface area contributed by atoms with Crippen LogP contribution in [0.15, 0.2) is 215 Å². The Kier molecular flexibility index (Phi) is 11.2. The van der Waals surface area contributed by atoms with Crippen molar-refractivity contribution in [1.82, 2.24) is 9.97 Å². The molecule has 278 valence electrons. The zero-order valence-electron chi connectivity index (χ0n) is 32.3. The Morgan fingerprint density at radius 1 is 0.789 bits per heavy atom. The van der Waals surface area contributed by atoms with Gasteiger partial charge in [-0.05, 0) is 87.2 Å². The van der Waals surface area contributed by atoms with E-state index in [1.54, 1.807) is 0 Å². The highest BCUT2D eigenvalue weighted by molar-refractivity contribution is 6.10. The molecule has 1 aliphatic carbocycles. The normalized spacial score (nSPS) is 15.8. The van der Waals surface area contributed by atoms with E-state index in [1.165, 1.54) is 27.5 Å². The van der Waals surface area contributed by atoms with E-state index in [0.717, 1.165) is 51.0 Å². The summed E-state index contributed by atoms with van der Waals surface area (Å²) in [5.41, 5.74) is 18.2. The molecule has 1 aromatic heterocycles. The Bertz CT molecular complexity index is 2700. The van der Waals surface area contributed by atoms with E-state index in [0.29, 0.717) is 18.2 Å². The third-order valence-electron chi connectivity index (χ3n) is 10.5. The molecular formula is C52H45N5. The monoisotopic (exact) mass is 739 g/mol. The quantitative estimate of drug-likeness (QED) is 0.0862. The van der Waals surface area contributed by atoms with Gasteiger partial charge in [0.2, 0.25) is 0 Å². The SMILES string of the molecule is C/C(=C\C(=C/C(C)c1ccc(-c2cccc3ccccc23)cc1)C1=CCC(c2cnc3ccccc3n2)C=C1)C(=NCc1ccccc1)N=C(N)c1ccccc1. The molecule has 6 aromatic carbocycles. The predicted octanol–water partition coefficient (Wildman–Crippen LogP) is 12.1. The smallest absolute Gasteiger partial charge is 0.152 e. The Hall–Kier alpha value is -6.98. The standard InChI is InChI=1S/C52H45N5/c1-36(39-24-28-42(29-25-39)47-21-13-19-41-16-9-10-20-46(41)47)32-45(40-26-30-43(31-27-40)50-35-54-48-22-11-12-23-49(48)56-50)33-37(2)52(55-34-38-14-5-3-6-15-38)57-51(53)44-17-7-4-8-18-44/h3-30,32-33,35-36,43H,31,34H2,1-2H3,(H2,53,55,57)/b37-33+,45-32+. The second kappa shape index (κ2) is 17.2. The Morgan fingerprint density at radius 3 is 2.26 bits per heavy atom. The van der Waals surface area contributed by atoms with E-state index in [-0.39, 0.29) is 11.8 Å². The minimum Gasteiger partial charge on any atom is -0.383 e. The molecule has 0 amide bonds. The third kappa shape index (κ3) is 8.79. The van der Waals surface area contributed by atoms with Gasteiger partial charge in [0, 0.05) is 17.7 Å². The molecule has 5 heteroatoms. The number of nitrogens with two attached hydrogens (primary N) is 1. The van der Waals surface area contributed by atoms with Gasteiger partial charge < -0.3 is 5.73 Å². The average Bonchev–Trinajstić information content (AvgIpc) is 3.27. The Morgan fingerprint density at radius 2 is 1.49 bits per heavy atom. The molecule has 0 saturated carbocycles. The van der Waals surface area contributed by atoms with Crippen molar-refractivity contribution in [2.24, 2.45) is 15.7 Å². The van der Waals surface area contributed by atoms with E-state index in [9.17, 15) is 0 Å². The summed E-state index contributed by atoms with van der Waals surface area (Å²) in [5, 5.41) is 2.50. The van der Waals surface area contributed by atoms with Crippen LogP contribution in [0.2, 0.25) is 0 Å². The van der Waals surface area contributed by atoms with Crippen LogP contribution in [0.3, 0.4) is 0 Å². The fraction of sp³-hybridized carbons (Fsp3) is 0.115. The van der Waals surface area contributed by atoms with Gasteiger partial charge in [0.15, 0.2) is 5.84 Å². The van der Waals surface area contributed by atoms with E-state index >= 15 is 0 Å². The van der Waals surface area contributed by atoms with Crippen molar-refractivity contribution in [3.8, 4) is 11.1 Å². The molecule has 57 heavy (non-hydrogen) atoms. The number of aliphatic imine (C=N–C) groups is 2. The number of amidine groups is 2. The summed E-state index contributed by atoms with van der Waals surface area (Å²) in [5.74, 6) is 1.28. The molecule has 1 aliphatic rings. The maximum absolute atomic E-state index is 6.62. The van der Waals surface area contributed by atoms with Gasteiger partial charge in [0.25, 0.3) is 0 Å². The van der Waals surface area contributed by atoms with Crippen LogP contribution in [-0.4, -0.2) is 21.6 Å².